The van der Waals surface area contributed by atoms with Crippen molar-refractivity contribution in [2.24, 2.45) is 11.8 Å². The molecule has 0 radical (unpaired) electrons. The highest BCUT2D eigenvalue weighted by molar-refractivity contribution is 4.85. The molecule has 0 bridgehead atoms. The molecule has 2 heteroatoms. The van der Waals surface area contributed by atoms with Crippen molar-refractivity contribution in [2.45, 2.75) is 38.6 Å². The Morgan fingerprint density at radius 2 is 2.08 bits per heavy atom. The van der Waals surface area contributed by atoms with E-state index >= 15 is 0 Å². The first-order valence-corrected chi connectivity index (χ1v) is 5.66. The predicted molar refractivity (Wildman–Crippen MR) is 53.6 cm³/mol. The van der Waals surface area contributed by atoms with Crippen LogP contribution in [0, 0.1) is 11.8 Å². The fourth-order valence-corrected chi connectivity index (χ4v) is 2.42. The Hall–Kier alpha value is -0.0800. The second-order valence-electron chi connectivity index (χ2n) is 4.78. The van der Waals surface area contributed by atoms with Crippen LogP contribution in [-0.2, 0) is 0 Å². The molecule has 2 fully saturated rings. The molecule has 0 aromatic carbocycles. The van der Waals surface area contributed by atoms with Gasteiger partial charge in [0.15, 0.2) is 0 Å². The quantitative estimate of drug-likeness (QED) is 0.714. The Balaban J connectivity index is 1.76. The Labute approximate surface area is 80.9 Å². The van der Waals surface area contributed by atoms with Gasteiger partial charge in [0.05, 0.1) is 6.61 Å². The maximum Gasteiger partial charge on any atom is 0.0589 e. The van der Waals surface area contributed by atoms with Crippen molar-refractivity contribution in [3.63, 3.8) is 0 Å². The summed E-state index contributed by atoms with van der Waals surface area (Å²) in [5, 5.41) is 9.25. The number of rotatable bonds is 4. The lowest BCUT2D eigenvalue weighted by Crippen LogP contribution is -2.35. The molecule has 2 nitrogen and oxygen atoms in total. The van der Waals surface area contributed by atoms with Crippen molar-refractivity contribution in [1.29, 1.82) is 0 Å². The lowest BCUT2D eigenvalue weighted by atomic mass is 10.0. The van der Waals surface area contributed by atoms with Gasteiger partial charge in [-0.15, -0.1) is 0 Å². The zero-order chi connectivity index (χ0) is 9.26. The van der Waals surface area contributed by atoms with Crippen molar-refractivity contribution in [1.82, 2.24) is 4.90 Å². The van der Waals surface area contributed by atoms with E-state index in [2.05, 4.69) is 11.8 Å². The van der Waals surface area contributed by atoms with E-state index in [9.17, 15) is 5.11 Å². The molecular formula is C11H21NO. The number of hydrogen-bond donors (Lipinski definition) is 1. The molecule has 2 atom stereocenters. The summed E-state index contributed by atoms with van der Waals surface area (Å²) in [5.74, 6) is 1.72. The van der Waals surface area contributed by atoms with Crippen LogP contribution >= 0.6 is 0 Å². The van der Waals surface area contributed by atoms with Crippen LogP contribution in [0.4, 0.5) is 0 Å². The summed E-state index contributed by atoms with van der Waals surface area (Å²) in [7, 11) is 0. The average Bonchev–Trinajstić information content (AvgIpc) is 2.88. The summed E-state index contributed by atoms with van der Waals surface area (Å²) in [6.07, 6.45) is 5.54. The van der Waals surface area contributed by atoms with Gasteiger partial charge in [0, 0.05) is 6.04 Å². The molecule has 0 spiro atoms. The molecule has 2 rings (SSSR count). The summed E-state index contributed by atoms with van der Waals surface area (Å²) in [5.41, 5.74) is 0. The molecule has 1 heterocycles. The van der Waals surface area contributed by atoms with Crippen LogP contribution in [0.2, 0.25) is 0 Å². The molecule has 0 aromatic rings. The molecule has 0 aromatic heterocycles. The third-order valence-electron chi connectivity index (χ3n) is 3.71. The van der Waals surface area contributed by atoms with E-state index in [1.54, 1.807) is 0 Å². The Kier molecular flexibility index (Phi) is 2.89. The molecule has 76 valence electrons. The smallest absolute Gasteiger partial charge is 0.0589 e. The molecule has 1 aliphatic carbocycles. The summed E-state index contributed by atoms with van der Waals surface area (Å²) >= 11 is 0. The van der Waals surface area contributed by atoms with Crippen LogP contribution in [0.25, 0.3) is 0 Å². The monoisotopic (exact) mass is 183 g/mol. The minimum absolute atomic E-state index is 0.353. The molecule has 2 unspecified atom stereocenters. The van der Waals surface area contributed by atoms with Gasteiger partial charge < -0.3 is 5.11 Å². The van der Waals surface area contributed by atoms with Crippen LogP contribution in [0.5, 0.6) is 0 Å². The summed E-state index contributed by atoms with van der Waals surface area (Å²) in [6, 6.07) is 0.457. The van der Waals surface area contributed by atoms with Gasteiger partial charge in [-0.2, -0.15) is 0 Å². The molecular weight excluding hydrogens is 162 g/mol. The van der Waals surface area contributed by atoms with Crippen LogP contribution in [-0.4, -0.2) is 35.7 Å². The normalized spacial score (nSPS) is 35.5. The van der Waals surface area contributed by atoms with E-state index in [4.69, 9.17) is 0 Å². The lowest BCUT2D eigenvalue weighted by Gasteiger charge is -2.24. The number of hydrogen-bond acceptors (Lipinski definition) is 2. The van der Waals surface area contributed by atoms with Gasteiger partial charge in [-0.25, -0.2) is 0 Å². The zero-order valence-electron chi connectivity index (χ0n) is 8.58. The minimum atomic E-state index is 0.353. The third kappa shape index (κ3) is 2.23. The number of aliphatic hydroxyl groups is 1. The Morgan fingerprint density at radius 3 is 2.69 bits per heavy atom. The molecule has 13 heavy (non-hydrogen) atoms. The minimum Gasteiger partial charge on any atom is -0.395 e. The topological polar surface area (TPSA) is 23.5 Å². The molecule has 1 N–H and O–H groups in total. The molecule has 1 saturated heterocycles. The van der Waals surface area contributed by atoms with Crippen molar-refractivity contribution >= 4 is 0 Å². The fraction of sp³-hybridized carbons (Fsp3) is 1.00. The first kappa shape index (κ1) is 9.47. The van der Waals surface area contributed by atoms with E-state index in [1.165, 1.54) is 38.8 Å². The van der Waals surface area contributed by atoms with E-state index in [0.717, 1.165) is 5.92 Å². The van der Waals surface area contributed by atoms with E-state index in [1.807, 2.05) is 0 Å². The van der Waals surface area contributed by atoms with Gasteiger partial charge in [-0.3, -0.25) is 4.90 Å². The third-order valence-corrected chi connectivity index (χ3v) is 3.71. The maximum absolute atomic E-state index is 9.25. The van der Waals surface area contributed by atoms with Crippen molar-refractivity contribution in [2.75, 3.05) is 19.7 Å². The summed E-state index contributed by atoms with van der Waals surface area (Å²) in [6.45, 7) is 5.04. The van der Waals surface area contributed by atoms with Gasteiger partial charge in [-0.05, 0) is 37.8 Å². The lowest BCUT2D eigenvalue weighted by molar-refractivity contribution is 0.137. The first-order valence-electron chi connectivity index (χ1n) is 5.66. The largest absolute Gasteiger partial charge is 0.395 e. The van der Waals surface area contributed by atoms with Gasteiger partial charge in [0.2, 0.25) is 0 Å². The average molecular weight is 183 g/mol. The molecule has 2 aliphatic rings. The number of nitrogens with zero attached hydrogens (tertiary/aromatic N) is 1. The van der Waals surface area contributed by atoms with Gasteiger partial charge in [0.25, 0.3) is 0 Å². The number of likely N-dealkylation sites (tertiary alicyclic amines) is 1. The standard InChI is InChI=1S/C11H21NO/c1-9-4-6-12(11(9)8-13)7-5-10-2-3-10/h9-11,13H,2-8H2,1H3. The highest BCUT2D eigenvalue weighted by Gasteiger charge is 2.31. The van der Waals surface area contributed by atoms with Crippen molar-refractivity contribution in [3.05, 3.63) is 0 Å². The fourth-order valence-electron chi connectivity index (χ4n) is 2.42. The summed E-state index contributed by atoms with van der Waals surface area (Å²) in [4.78, 5) is 2.49. The van der Waals surface area contributed by atoms with Gasteiger partial charge in [0.1, 0.15) is 0 Å². The second kappa shape index (κ2) is 3.97. The highest BCUT2D eigenvalue weighted by Crippen LogP contribution is 2.33. The van der Waals surface area contributed by atoms with Crippen LogP contribution in [0.3, 0.4) is 0 Å². The highest BCUT2D eigenvalue weighted by atomic mass is 16.3. The molecule has 1 saturated carbocycles. The van der Waals surface area contributed by atoms with Crippen LogP contribution in [0.15, 0.2) is 0 Å². The van der Waals surface area contributed by atoms with Gasteiger partial charge in [-0.1, -0.05) is 19.8 Å². The second-order valence-corrected chi connectivity index (χ2v) is 4.78. The summed E-state index contributed by atoms with van der Waals surface area (Å²) < 4.78 is 0. The van der Waals surface area contributed by atoms with E-state index in [-0.39, 0.29) is 0 Å². The molecule has 0 amide bonds. The van der Waals surface area contributed by atoms with Gasteiger partial charge >= 0.3 is 0 Å². The maximum atomic E-state index is 9.25. The van der Waals surface area contributed by atoms with Crippen LogP contribution in [0.1, 0.15) is 32.6 Å². The number of aliphatic hydroxyl groups excluding tert-OH is 1. The van der Waals surface area contributed by atoms with E-state index < -0.39 is 0 Å². The first-order chi connectivity index (χ1) is 6.31. The Morgan fingerprint density at radius 1 is 1.31 bits per heavy atom. The van der Waals surface area contributed by atoms with E-state index in [0.29, 0.717) is 18.6 Å². The zero-order valence-corrected chi connectivity index (χ0v) is 8.58. The van der Waals surface area contributed by atoms with Crippen LogP contribution < -0.4 is 0 Å². The van der Waals surface area contributed by atoms with Crippen molar-refractivity contribution < 1.29 is 5.11 Å². The predicted octanol–water partition coefficient (Wildman–Crippen LogP) is 1.49. The SMILES string of the molecule is CC1CCN(CCC2CC2)C1CO. The molecule has 1 aliphatic heterocycles. The van der Waals surface area contributed by atoms with Crippen molar-refractivity contribution in [3.8, 4) is 0 Å². The Bertz CT molecular complexity index is 167.